The van der Waals surface area contributed by atoms with Gasteiger partial charge in [0.25, 0.3) is 10.0 Å². The van der Waals surface area contributed by atoms with Gasteiger partial charge >= 0.3 is 0 Å². The van der Waals surface area contributed by atoms with Gasteiger partial charge in [-0.05, 0) is 36.4 Å². The molecule has 5 nitrogen and oxygen atoms in total. The van der Waals surface area contributed by atoms with Crippen LogP contribution in [0.2, 0.25) is 5.02 Å². The van der Waals surface area contributed by atoms with Crippen molar-refractivity contribution in [1.82, 2.24) is 0 Å². The highest BCUT2D eigenvalue weighted by molar-refractivity contribution is 7.92. The molecule has 0 saturated carbocycles. The van der Waals surface area contributed by atoms with E-state index in [1.165, 1.54) is 12.1 Å². The lowest BCUT2D eigenvalue weighted by Crippen LogP contribution is -2.27. The summed E-state index contributed by atoms with van der Waals surface area (Å²) in [5.41, 5.74) is 0.106. The van der Waals surface area contributed by atoms with Crippen LogP contribution in [0.15, 0.2) is 47.4 Å². The van der Waals surface area contributed by atoms with Gasteiger partial charge in [-0.3, -0.25) is 9.52 Å². The number of sulfonamides is 1. The average molecular weight is 385 g/mol. The second kappa shape index (κ2) is 7.01. The number of amides is 1. The molecule has 0 aromatic heterocycles. The molecule has 2 aromatic carbocycles. The van der Waals surface area contributed by atoms with Crippen LogP contribution in [-0.4, -0.2) is 14.3 Å². The number of hydrogen-bond donors (Lipinski definition) is 2. The molecule has 25 heavy (non-hydrogen) atoms. The molecule has 2 aromatic rings. The van der Waals surface area contributed by atoms with Crippen molar-refractivity contribution in [3.63, 3.8) is 0 Å². The van der Waals surface area contributed by atoms with Crippen LogP contribution in [0, 0.1) is 11.2 Å². The van der Waals surface area contributed by atoms with Gasteiger partial charge in [0, 0.05) is 11.1 Å². The van der Waals surface area contributed by atoms with E-state index in [2.05, 4.69) is 10.0 Å². The van der Waals surface area contributed by atoms with E-state index in [1.807, 2.05) is 0 Å². The van der Waals surface area contributed by atoms with Crippen LogP contribution in [0.3, 0.4) is 0 Å². The molecule has 0 saturated heterocycles. The quantitative estimate of drug-likeness (QED) is 0.826. The van der Waals surface area contributed by atoms with E-state index >= 15 is 0 Å². The van der Waals surface area contributed by atoms with Crippen LogP contribution < -0.4 is 10.0 Å². The van der Waals surface area contributed by atoms with Gasteiger partial charge in [0.2, 0.25) is 5.91 Å². The normalized spacial score (nSPS) is 11.9. The highest BCUT2D eigenvalue weighted by Gasteiger charge is 2.22. The van der Waals surface area contributed by atoms with E-state index in [4.69, 9.17) is 11.6 Å². The minimum atomic E-state index is -4.00. The van der Waals surface area contributed by atoms with Gasteiger partial charge in [0.15, 0.2) is 0 Å². The van der Waals surface area contributed by atoms with Crippen LogP contribution in [0.25, 0.3) is 0 Å². The smallest absolute Gasteiger partial charge is 0.263 e. The predicted molar refractivity (Wildman–Crippen MR) is 96.7 cm³/mol. The van der Waals surface area contributed by atoms with E-state index in [0.29, 0.717) is 5.69 Å². The minimum Gasteiger partial charge on any atom is -0.326 e. The van der Waals surface area contributed by atoms with Crippen molar-refractivity contribution in [2.75, 3.05) is 10.0 Å². The molecule has 2 rings (SSSR count). The molecule has 0 heterocycles. The Bertz CT molecular complexity index is 908. The summed E-state index contributed by atoms with van der Waals surface area (Å²) in [6, 6.07) is 9.29. The van der Waals surface area contributed by atoms with Gasteiger partial charge in [0.05, 0.1) is 10.7 Å². The molecule has 0 radical (unpaired) electrons. The maximum Gasteiger partial charge on any atom is 0.263 e. The molecule has 0 bridgehead atoms. The van der Waals surface area contributed by atoms with Crippen molar-refractivity contribution in [2.24, 2.45) is 5.41 Å². The number of hydrogen-bond acceptors (Lipinski definition) is 3. The Morgan fingerprint density at radius 2 is 1.72 bits per heavy atom. The van der Waals surface area contributed by atoms with Crippen molar-refractivity contribution >= 4 is 38.9 Å². The Morgan fingerprint density at radius 1 is 1.08 bits per heavy atom. The maximum atomic E-state index is 13.1. The summed E-state index contributed by atoms with van der Waals surface area (Å²) in [4.78, 5) is 11.8. The first-order chi connectivity index (χ1) is 11.5. The highest BCUT2D eigenvalue weighted by atomic mass is 35.5. The summed E-state index contributed by atoms with van der Waals surface area (Å²) < 4.78 is 40.3. The monoisotopic (exact) mass is 384 g/mol. The molecule has 134 valence electrons. The lowest BCUT2D eigenvalue weighted by atomic mass is 9.95. The van der Waals surface area contributed by atoms with E-state index < -0.39 is 21.3 Å². The summed E-state index contributed by atoms with van der Waals surface area (Å²) in [6.45, 7) is 5.31. The first kappa shape index (κ1) is 19.2. The van der Waals surface area contributed by atoms with Crippen molar-refractivity contribution in [2.45, 2.75) is 25.7 Å². The van der Waals surface area contributed by atoms with Crippen molar-refractivity contribution in [1.29, 1.82) is 0 Å². The molecule has 1 amide bonds. The second-order valence-electron chi connectivity index (χ2n) is 6.47. The third kappa shape index (κ3) is 4.93. The SMILES string of the molecule is CC(C)(C)C(=O)Nc1cccc(NS(=O)(=O)c2ccc(F)cc2Cl)c1. The molecule has 8 heteroatoms. The Labute approximate surface area is 151 Å². The third-order valence-electron chi connectivity index (χ3n) is 3.24. The fourth-order valence-corrected chi connectivity index (χ4v) is 3.46. The van der Waals surface area contributed by atoms with Gasteiger partial charge < -0.3 is 5.32 Å². The maximum absolute atomic E-state index is 13.1. The van der Waals surface area contributed by atoms with Crippen LogP contribution in [-0.2, 0) is 14.8 Å². The first-order valence-corrected chi connectivity index (χ1v) is 9.24. The number of anilines is 2. The van der Waals surface area contributed by atoms with Crippen LogP contribution in [0.1, 0.15) is 20.8 Å². The zero-order chi connectivity index (χ0) is 18.8. The van der Waals surface area contributed by atoms with Crippen LogP contribution in [0.5, 0.6) is 0 Å². The van der Waals surface area contributed by atoms with Crippen LogP contribution >= 0.6 is 11.6 Å². The molecule has 0 aliphatic heterocycles. The van der Waals surface area contributed by atoms with Crippen molar-refractivity contribution < 1.29 is 17.6 Å². The number of nitrogens with one attached hydrogen (secondary N) is 2. The fraction of sp³-hybridized carbons (Fsp3) is 0.235. The Morgan fingerprint density at radius 3 is 2.32 bits per heavy atom. The van der Waals surface area contributed by atoms with E-state index in [9.17, 15) is 17.6 Å². The number of benzene rings is 2. The second-order valence-corrected chi connectivity index (χ2v) is 8.52. The van der Waals surface area contributed by atoms with E-state index in [0.717, 1.165) is 18.2 Å². The Balaban J connectivity index is 2.25. The van der Waals surface area contributed by atoms with E-state index in [1.54, 1.807) is 32.9 Å². The number of carbonyl (C=O) groups excluding carboxylic acids is 1. The predicted octanol–water partition coefficient (Wildman–Crippen LogP) is 4.26. The third-order valence-corrected chi connectivity index (χ3v) is 5.10. The topological polar surface area (TPSA) is 75.3 Å². The first-order valence-electron chi connectivity index (χ1n) is 7.38. The van der Waals surface area contributed by atoms with Gasteiger partial charge in [-0.2, -0.15) is 0 Å². The summed E-state index contributed by atoms with van der Waals surface area (Å²) >= 11 is 5.81. The Kier molecular flexibility index (Phi) is 5.39. The van der Waals surface area contributed by atoms with Crippen LogP contribution in [0.4, 0.5) is 15.8 Å². The lowest BCUT2D eigenvalue weighted by molar-refractivity contribution is -0.123. The molecule has 0 fully saturated rings. The molecule has 0 aliphatic carbocycles. The number of carbonyl (C=O) groups is 1. The summed E-state index contributed by atoms with van der Waals surface area (Å²) in [5, 5.41) is 2.50. The molecular formula is C17H18ClFN2O3S. The van der Waals surface area contributed by atoms with Gasteiger partial charge in [-0.15, -0.1) is 0 Å². The largest absolute Gasteiger partial charge is 0.326 e. The summed E-state index contributed by atoms with van der Waals surface area (Å²) in [7, 11) is -4.00. The summed E-state index contributed by atoms with van der Waals surface area (Å²) in [6.07, 6.45) is 0. The molecule has 0 spiro atoms. The number of halogens is 2. The van der Waals surface area contributed by atoms with Gasteiger partial charge in [0.1, 0.15) is 10.7 Å². The molecular weight excluding hydrogens is 367 g/mol. The van der Waals surface area contributed by atoms with Crippen molar-refractivity contribution in [3.05, 3.63) is 53.3 Å². The molecule has 0 unspecified atom stereocenters. The molecule has 0 atom stereocenters. The van der Waals surface area contributed by atoms with Crippen molar-refractivity contribution in [3.8, 4) is 0 Å². The average Bonchev–Trinajstić information content (AvgIpc) is 2.45. The highest BCUT2D eigenvalue weighted by Crippen LogP contribution is 2.26. The summed E-state index contributed by atoms with van der Waals surface area (Å²) in [5.74, 6) is -0.829. The number of rotatable bonds is 4. The minimum absolute atomic E-state index is 0.200. The fourth-order valence-electron chi connectivity index (χ4n) is 1.88. The Hall–Kier alpha value is -2.12. The molecule has 0 aliphatic rings. The van der Waals surface area contributed by atoms with E-state index in [-0.39, 0.29) is 21.5 Å². The molecule has 2 N–H and O–H groups in total. The lowest BCUT2D eigenvalue weighted by Gasteiger charge is -2.18. The van der Waals surface area contributed by atoms with Gasteiger partial charge in [-0.25, -0.2) is 12.8 Å². The zero-order valence-corrected chi connectivity index (χ0v) is 15.5. The zero-order valence-electron chi connectivity index (χ0n) is 13.9. The van der Waals surface area contributed by atoms with Gasteiger partial charge in [-0.1, -0.05) is 38.4 Å². The standard InChI is InChI=1S/C17H18ClFN2O3S/c1-17(2,3)16(22)20-12-5-4-6-13(10-12)21-25(23,24)15-8-7-11(19)9-14(15)18/h4-10,21H,1-3H3,(H,20,22).